The lowest BCUT2D eigenvalue weighted by Gasteiger charge is -2.23. The molecule has 1 saturated heterocycles. The van der Waals surface area contributed by atoms with Crippen LogP contribution in [0.3, 0.4) is 0 Å². The molecule has 3 nitrogen and oxygen atoms in total. The maximum atomic E-state index is 11.3. The Bertz CT molecular complexity index is 178. The molecule has 0 aromatic carbocycles. The van der Waals surface area contributed by atoms with Gasteiger partial charge in [-0.05, 0) is 19.8 Å². The number of carbonyl (C=O) groups is 1. The minimum atomic E-state index is -0.149. The maximum Gasteiger partial charge on any atom is 0.220 e. The average Bonchev–Trinajstić information content (AvgIpc) is 2.48. The monoisotopic (exact) mass is 205 g/mol. The van der Waals surface area contributed by atoms with E-state index in [4.69, 9.17) is 16.3 Å². The van der Waals surface area contributed by atoms with Crippen molar-refractivity contribution in [2.45, 2.75) is 31.7 Å². The zero-order valence-electron chi connectivity index (χ0n) is 7.94. The molecule has 1 aliphatic heterocycles. The number of nitrogens with one attached hydrogen (secondary N) is 1. The first kappa shape index (κ1) is 10.8. The predicted molar refractivity (Wildman–Crippen MR) is 51.9 cm³/mol. The third-order valence-corrected chi connectivity index (χ3v) is 2.46. The molecule has 0 aromatic heterocycles. The van der Waals surface area contributed by atoms with Crippen LogP contribution in [0, 0.1) is 0 Å². The lowest BCUT2D eigenvalue weighted by atomic mass is 10.0. The lowest BCUT2D eigenvalue weighted by molar-refractivity contribution is -0.122. The summed E-state index contributed by atoms with van der Waals surface area (Å²) < 4.78 is 5.22. The summed E-state index contributed by atoms with van der Waals surface area (Å²) >= 11 is 5.49. The second-order valence-electron chi connectivity index (χ2n) is 3.70. The molecule has 0 bridgehead atoms. The Hall–Kier alpha value is -0.280. The van der Waals surface area contributed by atoms with Crippen molar-refractivity contribution in [1.82, 2.24) is 5.32 Å². The second-order valence-corrected chi connectivity index (χ2v) is 4.08. The Morgan fingerprint density at radius 2 is 2.46 bits per heavy atom. The molecule has 1 aliphatic rings. The van der Waals surface area contributed by atoms with Gasteiger partial charge in [0, 0.05) is 18.9 Å². The van der Waals surface area contributed by atoms with Gasteiger partial charge in [-0.25, -0.2) is 0 Å². The second kappa shape index (κ2) is 4.82. The van der Waals surface area contributed by atoms with Gasteiger partial charge >= 0.3 is 0 Å². The van der Waals surface area contributed by atoms with Crippen molar-refractivity contribution in [3.05, 3.63) is 0 Å². The summed E-state index contributed by atoms with van der Waals surface area (Å²) in [5, 5.41) is 2.97. The van der Waals surface area contributed by atoms with Gasteiger partial charge in [0.25, 0.3) is 0 Å². The van der Waals surface area contributed by atoms with Crippen LogP contribution in [0.25, 0.3) is 0 Å². The van der Waals surface area contributed by atoms with E-state index < -0.39 is 0 Å². The predicted octanol–water partition coefficient (Wildman–Crippen LogP) is 1.30. The molecule has 1 heterocycles. The summed E-state index contributed by atoms with van der Waals surface area (Å²) in [6.07, 6.45) is 2.16. The molecule has 0 spiro atoms. The third kappa shape index (κ3) is 3.53. The molecule has 1 unspecified atom stereocenters. The van der Waals surface area contributed by atoms with Crippen LogP contribution in [0.2, 0.25) is 0 Å². The molecule has 76 valence electrons. The molecular weight excluding hydrogens is 190 g/mol. The van der Waals surface area contributed by atoms with Gasteiger partial charge in [-0.1, -0.05) is 0 Å². The van der Waals surface area contributed by atoms with Gasteiger partial charge in [0.2, 0.25) is 5.91 Å². The fraction of sp³-hybridized carbons (Fsp3) is 0.889. The van der Waals surface area contributed by atoms with Crippen LogP contribution < -0.4 is 5.32 Å². The minimum absolute atomic E-state index is 0.0775. The number of hydrogen-bond acceptors (Lipinski definition) is 2. The fourth-order valence-corrected chi connectivity index (χ4v) is 1.53. The van der Waals surface area contributed by atoms with Crippen molar-refractivity contribution in [2.75, 3.05) is 19.1 Å². The summed E-state index contributed by atoms with van der Waals surface area (Å²) in [7, 11) is 0. The van der Waals surface area contributed by atoms with Gasteiger partial charge in [0.1, 0.15) is 0 Å². The molecule has 0 radical (unpaired) electrons. The summed E-state index contributed by atoms with van der Waals surface area (Å²) in [6, 6.07) is 0. The van der Waals surface area contributed by atoms with Crippen LogP contribution in [0.4, 0.5) is 0 Å². The summed E-state index contributed by atoms with van der Waals surface area (Å²) in [5.41, 5.74) is -0.149. The van der Waals surface area contributed by atoms with E-state index in [2.05, 4.69) is 5.32 Å². The molecule has 4 heteroatoms. The van der Waals surface area contributed by atoms with Crippen LogP contribution in [-0.4, -0.2) is 30.5 Å². The van der Waals surface area contributed by atoms with Crippen LogP contribution in [0.1, 0.15) is 26.2 Å². The first-order valence-electron chi connectivity index (χ1n) is 4.61. The van der Waals surface area contributed by atoms with E-state index in [0.717, 1.165) is 19.4 Å². The molecular formula is C9H16ClNO2. The Balaban J connectivity index is 2.26. The van der Waals surface area contributed by atoms with Crippen molar-refractivity contribution in [2.24, 2.45) is 0 Å². The van der Waals surface area contributed by atoms with Gasteiger partial charge in [0.15, 0.2) is 0 Å². The molecule has 1 N–H and O–H groups in total. The highest BCUT2D eigenvalue weighted by Crippen LogP contribution is 2.17. The zero-order valence-corrected chi connectivity index (χ0v) is 8.69. The molecule has 0 aliphatic carbocycles. The number of ether oxygens (including phenoxy) is 1. The molecule has 1 fully saturated rings. The normalized spacial score (nSPS) is 27.5. The minimum Gasteiger partial charge on any atom is -0.379 e. The van der Waals surface area contributed by atoms with Gasteiger partial charge < -0.3 is 10.1 Å². The number of rotatable bonds is 4. The highest BCUT2D eigenvalue weighted by molar-refractivity contribution is 6.17. The van der Waals surface area contributed by atoms with Crippen LogP contribution in [0.15, 0.2) is 0 Å². The topological polar surface area (TPSA) is 38.3 Å². The van der Waals surface area contributed by atoms with E-state index >= 15 is 0 Å². The van der Waals surface area contributed by atoms with E-state index in [1.165, 1.54) is 0 Å². The van der Waals surface area contributed by atoms with Crippen LogP contribution in [-0.2, 0) is 9.53 Å². The van der Waals surface area contributed by atoms with Crippen molar-refractivity contribution in [3.8, 4) is 0 Å². The maximum absolute atomic E-state index is 11.3. The lowest BCUT2D eigenvalue weighted by Crippen LogP contribution is -2.46. The SMILES string of the molecule is CC1(NC(=O)CCCCl)CCOC1. The number of alkyl halides is 1. The smallest absolute Gasteiger partial charge is 0.220 e. The fourth-order valence-electron chi connectivity index (χ4n) is 1.39. The number of amides is 1. The molecule has 1 amide bonds. The highest BCUT2D eigenvalue weighted by atomic mass is 35.5. The van der Waals surface area contributed by atoms with E-state index in [0.29, 0.717) is 18.9 Å². The summed E-state index contributed by atoms with van der Waals surface area (Å²) in [5.74, 6) is 0.620. The van der Waals surface area contributed by atoms with Crippen molar-refractivity contribution in [3.63, 3.8) is 0 Å². The molecule has 1 atom stereocenters. The number of hydrogen-bond donors (Lipinski definition) is 1. The quantitative estimate of drug-likeness (QED) is 0.703. The Morgan fingerprint density at radius 3 is 3.00 bits per heavy atom. The van der Waals surface area contributed by atoms with E-state index in [9.17, 15) is 4.79 Å². The van der Waals surface area contributed by atoms with E-state index in [-0.39, 0.29) is 11.4 Å². The largest absolute Gasteiger partial charge is 0.379 e. The van der Waals surface area contributed by atoms with E-state index in [1.807, 2.05) is 6.92 Å². The first-order valence-corrected chi connectivity index (χ1v) is 5.14. The van der Waals surface area contributed by atoms with Crippen molar-refractivity contribution < 1.29 is 9.53 Å². The van der Waals surface area contributed by atoms with Gasteiger partial charge in [-0.15, -0.1) is 11.6 Å². The van der Waals surface area contributed by atoms with Crippen LogP contribution >= 0.6 is 11.6 Å². The number of halogens is 1. The summed E-state index contributed by atoms with van der Waals surface area (Å²) in [6.45, 7) is 3.38. The Kier molecular flexibility index (Phi) is 4.00. The van der Waals surface area contributed by atoms with Crippen molar-refractivity contribution >= 4 is 17.5 Å². The van der Waals surface area contributed by atoms with Gasteiger partial charge in [0.05, 0.1) is 12.1 Å². The van der Waals surface area contributed by atoms with Gasteiger partial charge in [-0.3, -0.25) is 4.79 Å². The average molecular weight is 206 g/mol. The third-order valence-electron chi connectivity index (χ3n) is 2.20. The molecule has 13 heavy (non-hydrogen) atoms. The molecule has 0 aromatic rings. The molecule has 0 saturated carbocycles. The Morgan fingerprint density at radius 1 is 1.69 bits per heavy atom. The van der Waals surface area contributed by atoms with E-state index in [1.54, 1.807) is 0 Å². The molecule has 1 rings (SSSR count). The first-order chi connectivity index (χ1) is 6.16. The Labute approximate surface area is 83.8 Å². The number of carbonyl (C=O) groups excluding carboxylic acids is 1. The summed E-state index contributed by atoms with van der Waals surface area (Å²) in [4.78, 5) is 11.3. The van der Waals surface area contributed by atoms with Crippen LogP contribution in [0.5, 0.6) is 0 Å². The standard InChI is InChI=1S/C9H16ClNO2/c1-9(4-6-13-7-9)11-8(12)3-2-5-10/h2-7H2,1H3,(H,11,12). The highest BCUT2D eigenvalue weighted by Gasteiger charge is 2.30. The van der Waals surface area contributed by atoms with Gasteiger partial charge in [-0.2, -0.15) is 0 Å². The zero-order chi connectivity index (χ0) is 9.73. The van der Waals surface area contributed by atoms with Crippen molar-refractivity contribution in [1.29, 1.82) is 0 Å².